The molecule has 0 aromatic heterocycles. The lowest BCUT2D eigenvalue weighted by atomic mass is 9.99. The summed E-state index contributed by atoms with van der Waals surface area (Å²) in [4.78, 5) is 25.2. The maximum Gasteiger partial charge on any atom is 0.310 e. The predicted molar refractivity (Wildman–Crippen MR) is 69.0 cm³/mol. The van der Waals surface area contributed by atoms with Gasteiger partial charge in [0.05, 0.1) is 19.6 Å². The van der Waals surface area contributed by atoms with Crippen LogP contribution in [0, 0.1) is 17.8 Å². The standard InChI is InChI=1S/C13H24N2O3/c1-9(2)5-14-12(16)8-15-6-10(3)11(7-15)13(17)18-4/h9-11H,5-8H2,1-4H3,(H,14,16). The van der Waals surface area contributed by atoms with E-state index in [2.05, 4.69) is 19.2 Å². The number of methoxy groups -OCH3 is 1. The number of rotatable bonds is 5. The monoisotopic (exact) mass is 256 g/mol. The van der Waals surface area contributed by atoms with E-state index < -0.39 is 0 Å². The highest BCUT2D eigenvalue weighted by atomic mass is 16.5. The summed E-state index contributed by atoms with van der Waals surface area (Å²) in [7, 11) is 1.41. The van der Waals surface area contributed by atoms with Crippen molar-refractivity contribution in [2.45, 2.75) is 20.8 Å². The van der Waals surface area contributed by atoms with Gasteiger partial charge < -0.3 is 10.1 Å². The van der Waals surface area contributed by atoms with Gasteiger partial charge in [0, 0.05) is 19.6 Å². The second-order valence-electron chi connectivity index (χ2n) is 5.50. The van der Waals surface area contributed by atoms with Gasteiger partial charge >= 0.3 is 5.97 Å². The Labute approximate surface area is 109 Å². The molecule has 0 aromatic carbocycles. The smallest absolute Gasteiger partial charge is 0.310 e. The normalized spacial score (nSPS) is 24.3. The molecule has 2 atom stereocenters. The van der Waals surface area contributed by atoms with Crippen LogP contribution in [0.4, 0.5) is 0 Å². The van der Waals surface area contributed by atoms with Crippen LogP contribution < -0.4 is 5.32 Å². The van der Waals surface area contributed by atoms with E-state index in [0.717, 1.165) is 6.54 Å². The molecular weight excluding hydrogens is 232 g/mol. The van der Waals surface area contributed by atoms with Crippen LogP contribution in [0.25, 0.3) is 0 Å². The zero-order valence-corrected chi connectivity index (χ0v) is 11.7. The van der Waals surface area contributed by atoms with Crippen molar-refractivity contribution >= 4 is 11.9 Å². The molecule has 1 fully saturated rings. The average molecular weight is 256 g/mol. The number of hydrogen-bond acceptors (Lipinski definition) is 4. The molecule has 1 N–H and O–H groups in total. The molecule has 104 valence electrons. The fraction of sp³-hybridized carbons (Fsp3) is 0.846. The number of likely N-dealkylation sites (tertiary alicyclic amines) is 1. The summed E-state index contributed by atoms with van der Waals surface area (Å²) in [5.41, 5.74) is 0. The van der Waals surface area contributed by atoms with Gasteiger partial charge in [-0.3, -0.25) is 14.5 Å². The second kappa shape index (κ2) is 6.73. The van der Waals surface area contributed by atoms with Crippen molar-refractivity contribution in [2.24, 2.45) is 17.8 Å². The SMILES string of the molecule is COC(=O)C1CN(CC(=O)NCC(C)C)CC1C. The highest BCUT2D eigenvalue weighted by Crippen LogP contribution is 2.23. The third kappa shape index (κ3) is 4.29. The Morgan fingerprint density at radius 3 is 2.61 bits per heavy atom. The third-order valence-corrected chi connectivity index (χ3v) is 3.27. The summed E-state index contributed by atoms with van der Waals surface area (Å²) in [5.74, 6) is 0.450. The first kappa shape index (κ1) is 15.0. The minimum absolute atomic E-state index is 0.0291. The molecule has 18 heavy (non-hydrogen) atoms. The molecule has 0 aromatic rings. The van der Waals surface area contributed by atoms with Crippen molar-refractivity contribution in [1.29, 1.82) is 0 Å². The maximum absolute atomic E-state index is 11.7. The molecule has 1 aliphatic heterocycles. The summed E-state index contributed by atoms with van der Waals surface area (Å²) in [5, 5.41) is 2.89. The molecule has 0 aliphatic carbocycles. The van der Waals surface area contributed by atoms with Crippen LogP contribution in [0.3, 0.4) is 0 Å². The van der Waals surface area contributed by atoms with Crippen molar-refractivity contribution in [2.75, 3.05) is 33.3 Å². The van der Waals surface area contributed by atoms with E-state index in [-0.39, 0.29) is 23.7 Å². The zero-order chi connectivity index (χ0) is 13.7. The summed E-state index contributed by atoms with van der Waals surface area (Å²) in [6.45, 7) is 8.59. The summed E-state index contributed by atoms with van der Waals surface area (Å²) in [6, 6.07) is 0. The van der Waals surface area contributed by atoms with E-state index in [0.29, 0.717) is 25.6 Å². The van der Waals surface area contributed by atoms with Crippen molar-refractivity contribution in [1.82, 2.24) is 10.2 Å². The van der Waals surface area contributed by atoms with Gasteiger partial charge in [-0.2, -0.15) is 0 Å². The quantitative estimate of drug-likeness (QED) is 0.728. The molecule has 0 saturated carbocycles. The Morgan fingerprint density at radius 1 is 1.39 bits per heavy atom. The summed E-state index contributed by atoms with van der Waals surface area (Å²) >= 11 is 0. The molecule has 2 unspecified atom stereocenters. The van der Waals surface area contributed by atoms with Crippen LogP contribution >= 0.6 is 0 Å². The van der Waals surface area contributed by atoms with E-state index in [1.54, 1.807) is 0 Å². The number of carbonyl (C=O) groups excluding carboxylic acids is 2. The summed E-state index contributed by atoms with van der Waals surface area (Å²) in [6.07, 6.45) is 0. The lowest BCUT2D eigenvalue weighted by molar-refractivity contribution is -0.146. The molecular formula is C13H24N2O3. The fourth-order valence-electron chi connectivity index (χ4n) is 2.23. The molecule has 1 rings (SSSR count). The number of carbonyl (C=O) groups is 2. The molecule has 1 amide bonds. The maximum atomic E-state index is 11.7. The molecule has 0 bridgehead atoms. The molecule has 1 heterocycles. The predicted octanol–water partition coefficient (Wildman–Crippen LogP) is 0.500. The van der Waals surface area contributed by atoms with Gasteiger partial charge in [-0.25, -0.2) is 0 Å². The lowest BCUT2D eigenvalue weighted by Crippen LogP contribution is -2.38. The van der Waals surface area contributed by atoms with Crippen molar-refractivity contribution in [3.8, 4) is 0 Å². The van der Waals surface area contributed by atoms with E-state index in [1.807, 2.05) is 11.8 Å². The Balaban J connectivity index is 2.37. The van der Waals surface area contributed by atoms with Gasteiger partial charge in [0.15, 0.2) is 0 Å². The highest BCUT2D eigenvalue weighted by Gasteiger charge is 2.35. The van der Waals surface area contributed by atoms with Crippen LogP contribution in [0.5, 0.6) is 0 Å². The number of esters is 1. The highest BCUT2D eigenvalue weighted by molar-refractivity contribution is 5.78. The average Bonchev–Trinajstić information content (AvgIpc) is 2.66. The Kier molecular flexibility index (Phi) is 5.59. The first-order valence-corrected chi connectivity index (χ1v) is 6.51. The van der Waals surface area contributed by atoms with Crippen LogP contribution in [-0.4, -0.2) is 50.1 Å². The first-order chi connectivity index (χ1) is 8.43. The van der Waals surface area contributed by atoms with Gasteiger partial charge in [-0.05, 0) is 11.8 Å². The topological polar surface area (TPSA) is 58.6 Å². The second-order valence-corrected chi connectivity index (χ2v) is 5.50. The molecule has 5 heteroatoms. The minimum Gasteiger partial charge on any atom is -0.469 e. The third-order valence-electron chi connectivity index (χ3n) is 3.27. The van der Waals surface area contributed by atoms with Gasteiger partial charge in [0.2, 0.25) is 5.91 Å². The van der Waals surface area contributed by atoms with Gasteiger partial charge in [-0.15, -0.1) is 0 Å². The zero-order valence-electron chi connectivity index (χ0n) is 11.7. The van der Waals surface area contributed by atoms with Crippen molar-refractivity contribution in [3.63, 3.8) is 0 Å². The van der Waals surface area contributed by atoms with E-state index in [1.165, 1.54) is 7.11 Å². The lowest BCUT2D eigenvalue weighted by Gasteiger charge is -2.15. The Morgan fingerprint density at radius 2 is 2.06 bits per heavy atom. The molecule has 0 radical (unpaired) electrons. The Bertz CT molecular complexity index is 305. The molecule has 1 saturated heterocycles. The molecule has 1 aliphatic rings. The minimum atomic E-state index is -0.174. The fourth-order valence-corrected chi connectivity index (χ4v) is 2.23. The first-order valence-electron chi connectivity index (χ1n) is 6.51. The number of hydrogen-bond donors (Lipinski definition) is 1. The summed E-state index contributed by atoms with van der Waals surface area (Å²) < 4.78 is 4.77. The van der Waals surface area contributed by atoms with E-state index >= 15 is 0 Å². The van der Waals surface area contributed by atoms with Crippen LogP contribution in [-0.2, 0) is 14.3 Å². The van der Waals surface area contributed by atoms with E-state index in [9.17, 15) is 9.59 Å². The van der Waals surface area contributed by atoms with E-state index in [4.69, 9.17) is 4.74 Å². The number of amides is 1. The van der Waals surface area contributed by atoms with Crippen LogP contribution in [0.2, 0.25) is 0 Å². The van der Waals surface area contributed by atoms with Gasteiger partial charge in [0.25, 0.3) is 0 Å². The molecule has 0 spiro atoms. The Hall–Kier alpha value is -1.10. The number of nitrogens with zero attached hydrogens (tertiary/aromatic N) is 1. The van der Waals surface area contributed by atoms with Crippen LogP contribution in [0.1, 0.15) is 20.8 Å². The van der Waals surface area contributed by atoms with Crippen molar-refractivity contribution < 1.29 is 14.3 Å². The van der Waals surface area contributed by atoms with Crippen molar-refractivity contribution in [3.05, 3.63) is 0 Å². The van der Waals surface area contributed by atoms with Gasteiger partial charge in [0.1, 0.15) is 0 Å². The number of nitrogens with one attached hydrogen (secondary N) is 1. The molecule has 5 nitrogen and oxygen atoms in total. The van der Waals surface area contributed by atoms with Crippen LogP contribution in [0.15, 0.2) is 0 Å². The van der Waals surface area contributed by atoms with Gasteiger partial charge in [-0.1, -0.05) is 20.8 Å². The number of ether oxygens (including phenoxy) is 1. The largest absolute Gasteiger partial charge is 0.469 e.